The Balaban J connectivity index is 1.40. The van der Waals surface area contributed by atoms with Crippen molar-refractivity contribution in [3.05, 3.63) is 54.1 Å². The molecule has 1 heterocycles. The Bertz CT molecular complexity index is 781. The maximum absolute atomic E-state index is 12.0. The first kappa shape index (κ1) is 18.1. The van der Waals surface area contributed by atoms with Crippen LogP contribution in [0.5, 0.6) is 11.5 Å². The van der Waals surface area contributed by atoms with Gasteiger partial charge in [-0.25, -0.2) is 0 Å². The average molecular weight is 373 g/mol. The highest BCUT2D eigenvalue weighted by molar-refractivity contribution is 8.00. The molecule has 2 aromatic rings. The highest BCUT2D eigenvalue weighted by Crippen LogP contribution is 2.32. The van der Waals surface area contributed by atoms with Gasteiger partial charge in [-0.15, -0.1) is 11.8 Å². The summed E-state index contributed by atoms with van der Waals surface area (Å²) in [6.45, 7) is 1.98. The number of amides is 1. The quantitative estimate of drug-likeness (QED) is 0.594. The summed E-state index contributed by atoms with van der Waals surface area (Å²) in [7, 11) is 0. The monoisotopic (exact) mass is 373 g/mol. The Labute approximate surface area is 155 Å². The van der Waals surface area contributed by atoms with Gasteiger partial charge in [0.15, 0.2) is 18.1 Å². The van der Waals surface area contributed by atoms with Gasteiger partial charge in [0.25, 0.3) is 5.91 Å². The third-order valence-electron chi connectivity index (χ3n) is 3.66. The minimum atomic E-state index is -0.419. The van der Waals surface area contributed by atoms with E-state index in [0.717, 1.165) is 10.5 Å². The van der Waals surface area contributed by atoms with Crippen molar-refractivity contribution in [2.24, 2.45) is 0 Å². The topological polar surface area (TPSA) is 73.9 Å². The molecule has 1 aliphatic heterocycles. The molecule has 0 aromatic heterocycles. The number of fused-ring (bicyclic) bond motifs is 1. The number of esters is 1. The fourth-order valence-corrected chi connectivity index (χ4v) is 3.19. The maximum Gasteiger partial charge on any atom is 0.319 e. The first-order chi connectivity index (χ1) is 12.6. The minimum Gasteiger partial charge on any atom is -0.455 e. The molecule has 0 unspecified atom stereocenters. The summed E-state index contributed by atoms with van der Waals surface area (Å²) in [5.41, 5.74) is 0.877. The number of benzene rings is 2. The Hall–Kier alpha value is -2.67. The largest absolute Gasteiger partial charge is 0.455 e. The zero-order chi connectivity index (χ0) is 18.4. The molecule has 0 aliphatic carbocycles. The molecule has 0 saturated carbocycles. The lowest BCUT2D eigenvalue weighted by Crippen LogP contribution is -2.30. The second-order valence-electron chi connectivity index (χ2n) is 5.65. The van der Waals surface area contributed by atoms with Crippen molar-refractivity contribution in [1.82, 2.24) is 5.32 Å². The molecule has 1 atom stereocenters. The smallest absolute Gasteiger partial charge is 0.319 e. The predicted molar refractivity (Wildman–Crippen MR) is 97.1 cm³/mol. The van der Waals surface area contributed by atoms with Crippen molar-refractivity contribution < 1.29 is 23.8 Å². The van der Waals surface area contributed by atoms with Crippen LogP contribution in [0.4, 0.5) is 0 Å². The van der Waals surface area contributed by atoms with Crippen LogP contribution in [0.25, 0.3) is 0 Å². The average Bonchev–Trinajstić information content (AvgIpc) is 3.13. The third-order valence-corrected chi connectivity index (χ3v) is 4.75. The normalized spacial score (nSPS) is 13.1. The molecule has 0 bridgehead atoms. The second-order valence-corrected chi connectivity index (χ2v) is 7.06. The van der Waals surface area contributed by atoms with Crippen molar-refractivity contribution in [2.75, 3.05) is 13.4 Å². The highest BCUT2D eigenvalue weighted by Gasteiger charge is 2.17. The van der Waals surface area contributed by atoms with Crippen LogP contribution in [-0.2, 0) is 20.9 Å². The number of rotatable bonds is 7. The van der Waals surface area contributed by atoms with Gasteiger partial charge in [-0.05, 0) is 36.8 Å². The lowest BCUT2D eigenvalue weighted by Gasteiger charge is -2.11. The van der Waals surface area contributed by atoms with Gasteiger partial charge < -0.3 is 19.5 Å². The van der Waals surface area contributed by atoms with Gasteiger partial charge in [-0.2, -0.15) is 0 Å². The molecule has 7 heteroatoms. The van der Waals surface area contributed by atoms with Crippen molar-refractivity contribution in [1.29, 1.82) is 0 Å². The number of carbonyl (C=O) groups is 2. The van der Waals surface area contributed by atoms with Crippen LogP contribution in [0.15, 0.2) is 53.4 Å². The highest BCUT2D eigenvalue weighted by atomic mass is 32.2. The van der Waals surface area contributed by atoms with E-state index in [1.807, 2.05) is 42.5 Å². The molecule has 0 radical (unpaired) electrons. The van der Waals surface area contributed by atoms with E-state index in [4.69, 9.17) is 14.2 Å². The summed E-state index contributed by atoms with van der Waals surface area (Å²) in [6, 6.07) is 15.0. The van der Waals surface area contributed by atoms with Crippen LogP contribution in [0.1, 0.15) is 12.5 Å². The number of carbonyl (C=O) groups excluding carboxylic acids is 2. The lowest BCUT2D eigenvalue weighted by molar-refractivity contribution is -0.147. The minimum absolute atomic E-state index is 0.209. The zero-order valence-corrected chi connectivity index (χ0v) is 15.1. The molecule has 0 saturated heterocycles. The molecule has 1 N–H and O–H groups in total. The Kier molecular flexibility index (Phi) is 6.01. The van der Waals surface area contributed by atoms with Gasteiger partial charge in [0.1, 0.15) is 5.25 Å². The Morgan fingerprint density at radius 1 is 1.15 bits per heavy atom. The Morgan fingerprint density at radius 2 is 1.92 bits per heavy atom. The van der Waals surface area contributed by atoms with Gasteiger partial charge in [0.05, 0.1) is 0 Å². The molecular weight excluding hydrogens is 354 g/mol. The molecule has 6 nitrogen and oxygen atoms in total. The number of hydrogen-bond acceptors (Lipinski definition) is 6. The van der Waals surface area contributed by atoms with Gasteiger partial charge in [0.2, 0.25) is 6.79 Å². The summed E-state index contributed by atoms with van der Waals surface area (Å²) in [5.74, 6) is 0.582. The summed E-state index contributed by atoms with van der Waals surface area (Å²) < 4.78 is 15.6. The molecular formula is C19H19NO5S. The van der Waals surface area contributed by atoms with E-state index in [1.54, 1.807) is 13.0 Å². The van der Waals surface area contributed by atoms with E-state index in [-0.39, 0.29) is 24.6 Å². The lowest BCUT2D eigenvalue weighted by atomic mass is 10.2. The van der Waals surface area contributed by atoms with Crippen LogP contribution in [0.3, 0.4) is 0 Å². The molecule has 3 rings (SSSR count). The molecule has 1 amide bonds. The number of ether oxygens (including phenoxy) is 3. The summed E-state index contributed by atoms with van der Waals surface area (Å²) in [6.07, 6.45) is 0. The Morgan fingerprint density at radius 3 is 2.73 bits per heavy atom. The van der Waals surface area contributed by atoms with E-state index in [9.17, 15) is 9.59 Å². The summed E-state index contributed by atoms with van der Waals surface area (Å²) >= 11 is 1.39. The van der Waals surface area contributed by atoms with Gasteiger partial charge in [-0.3, -0.25) is 9.59 Å². The summed E-state index contributed by atoms with van der Waals surface area (Å²) in [5, 5.41) is 2.33. The van der Waals surface area contributed by atoms with Gasteiger partial charge in [-0.1, -0.05) is 24.3 Å². The third kappa shape index (κ3) is 4.92. The molecule has 0 fully saturated rings. The van der Waals surface area contributed by atoms with E-state index in [2.05, 4.69) is 5.32 Å². The zero-order valence-electron chi connectivity index (χ0n) is 14.3. The molecule has 2 aromatic carbocycles. The van der Waals surface area contributed by atoms with E-state index in [1.165, 1.54) is 11.8 Å². The fraction of sp³-hybridized carbons (Fsp3) is 0.263. The summed E-state index contributed by atoms with van der Waals surface area (Å²) in [4.78, 5) is 24.9. The van der Waals surface area contributed by atoms with Crippen LogP contribution in [0, 0.1) is 0 Å². The molecule has 0 spiro atoms. The number of nitrogens with one attached hydrogen (secondary N) is 1. The van der Waals surface area contributed by atoms with Crippen LogP contribution in [-0.4, -0.2) is 30.5 Å². The maximum atomic E-state index is 12.0. The second kappa shape index (κ2) is 8.62. The van der Waals surface area contributed by atoms with E-state index >= 15 is 0 Å². The number of thioether (sulfide) groups is 1. The van der Waals surface area contributed by atoms with E-state index in [0.29, 0.717) is 18.0 Å². The SMILES string of the molecule is C[C@H](Sc1ccccc1)C(=O)OCC(=O)NCc1ccc2c(c1)OCO2. The predicted octanol–water partition coefficient (Wildman–Crippen LogP) is 2.76. The standard InChI is InChI=1S/C19H19NO5S/c1-13(26-15-5-3-2-4-6-15)19(22)23-11-18(21)20-10-14-7-8-16-17(9-14)25-12-24-16/h2-9,13H,10-12H2,1H3,(H,20,21)/t13-/m0/s1. The first-order valence-corrected chi connectivity index (χ1v) is 9.03. The molecule has 1 aliphatic rings. The van der Waals surface area contributed by atoms with Crippen molar-refractivity contribution in [2.45, 2.75) is 23.6 Å². The van der Waals surface area contributed by atoms with Crippen LogP contribution in [0.2, 0.25) is 0 Å². The molecule has 26 heavy (non-hydrogen) atoms. The van der Waals surface area contributed by atoms with Crippen molar-refractivity contribution in [3.63, 3.8) is 0 Å². The van der Waals surface area contributed by atoms with E-state index < -0.39 is 5.97 Å². The first-order valence-electron chi connectivity index (χ1n) is 8.15. The fourth-order valence-electron chi connectivity index (χ4n) is 2.31. The van der Waals surface area contributed by atoms with Gasteiger partial charge in [0, 0.05) is 11.4 Å². The van der Waals surface area contributed by atoms with Crippen LogP contribution < -0.4 is 14.8 Å². The van der Waals surface area contributed by atoms with Crippen LogP contribution >= 0.6 is 11.8 Å². The van der Waals surface area contributed by atoms with Crippen molar-refractivity contribution >= 4 is 23.6 Å². The van der Waals surface area contributed by atoms with Crippen molar-refractivity contribution in [3.8, 4) is 11.5 Å². The van der Waals surface area contributed by atoms with Gasteiger partial charge >= 0.3 is 5.97 Å². The molecule has 136 valence electrons. The number of hydrogen-bond donors (Lipinski definition) is 1.